The van der Waals surface area contributed by atoms with Crippen molar-refractivity contribution in [2.24, 2.45) is 11.8 Å². The molecule has 0 spiro atoms. The molecule has 21 heavy (non-hydrogen) atoms. The number of hydrogen-bond donors (Lipinski definition) is 0. The summed E-state index contributed by atoms with van der Waals surface area (Å²) in [4.78, 5) is 2.49. The van der Waals surface area contributed by atoms with E-state index >= 15 is 0 Å². The Bertz CT molecular complexity index is 583. The third-order valence-corrected chi connectivity index (χ3v) is 4.67. The van der Waals surface area contributed by atoms with Crippen molar-refractivity contribution >= 4 is 0 Å². The van der Waals surface area contributed by atoms with Crippen LogP contribution in [0.15, 0.2) is 42.6 Å². The maximum atomic E-state index is 5.49. The van der Waals surface area contributed by atoms with Gasteiger partial charge in [-0.05, 0) is 36.5 Å². The van der Waals surface area contributed by atoms with Crippen LogP contribution in [-0.2, 0) is 11.3 Å². The molecular formula is C17H21N3O. The standard InChI is InChI=1S/C17H21N3O/c1-2-4-17(5-3-1)20-8-6-16(18-20)12-19-10-15(11-19)14-7-9-21-13-14/h1-6,8,14-15H,7,9-13H2. The van der Waals surface area contributed by atoms with Crippen LogP contribution in [0, 0.1) is 11.8 Å². The van der Waals surface area contributed by atoms with E-state index < -0.39 is 0 Å². The van der Waals surface area contributed by atoms with Crippen molar-refractivity contribution in [1.82, 2.24) is 14.7 Å². The van der Waals surface area contributed by atoms with Crippen LogP contribution in [-0.4, -0.2) is 41.0 Å². The molecule has 4 heteroatoms. The Labute approximate surface area is 125 Å². The minimum absolute atomic E-state index is 0.795. The number of rotatable bonds is 4. The van der Waals surface area contributed by atoms with Gasteiger partial charge in [0.1, 0.15) is 0 Å². The van der Waals surface area contributed by atoms with Crippen molar-refractivity contribution in [1.29, 1.82) is 0 Å². The van der Waals surface area contributed by atoms with Crippen LogP contribution < -0.4 is 0 Å². The van der Waals surface area contributed by atoms with Gasteiger partial charge < -0.3 is 4.74 Å². The second-order valence-corrected chi connectivity index (χ2v) is 6.17. The number of ether oxygens (including phenoxy) is 1. The predicted molar refractivity (Wildman–Crippen MR) is 81.3 cm³/mol. The van der Waals surface area contributed by atoms with E-state index in [1.54, 1.807) is 0 Å². The van der Waals surface area contributed by atoms with Gasteiger partial charge in [-0.15, -0.1) is 0 Å². The third kappa shape index (κ3) is 2.74. The summed E-state index contributed by atoms with van der Waals surface area (Å²) in [5.74, 6) is 1.63. The maximum absolute atomic E-state index is 5.49. The van der Waals surface area contributed by atoms with E-state index in [2.05, 4.69) is 28.2 Å². The molecule has 2 aliphatic rings. The Hall–Kier alpha value is -1.65. The highest BCUT2D eigenvalue weighted by Crippen LogP contribution is 2.30. The van der Waals surface area contributed by atoms with Crippen LogP contribution in [0.5, 0.6) is 0 Å². The van der Waals surface area contributed by atoms with E-state index in [0.717, 1.165) is 43.0 Å². The van der Waals surface area contributed by atoms with Gasteiger partial charge in [0.2, 0.25) is 0 Å². The molecule has 0 bridgehead atoms. The van der Waals surface area contributed by atoms with Crippen LogP contribution in [0.2, 0.25) is 0 Å². The van der Waals surface area contributed by atoms with Crippen molar-refractivity contribution < 1.29 is 4.74 Å². The molecule has 4 nitrogen and oxygen atoms in total. The lowest BCUT2D eigenvalue weighted by atomic mass is 9.85. The lowest BCUT2D eigenvalue weighted by molar-refractivity contribution is 0.0434. The normalized spacial score (nSPS) is 23.3. The molecule has 2 aromatic rings. The van der Waals surface area contributed by atoms with Gasteiger partial charge in [-0.2, -0.15) is 5.10 Å². The Kier molecular flexibility index (Phi) is 3.49. The highest BCUT2D eigenvalue weighted by Gasteiger charge is 2.35. The molecule has 0 aliphatic carbocycles. The summed E-state index contributed by atoms with van der Waals surface area (Å²) in [6, 6.07) is 12.4. The van der Waals surface area contributed by atoms with E-state index in [4.69, 9.17) is 4.74 Å². The molecule has 1 aromatic carbocycles. The van der Waals surface area contributed by atoms with Crippen LogP contribution in [0.1, 0.15) is 12.1 Å². The summed E-state index contributed by atoms with van der Waals surface area (Å²) in [5, 5.41) is 4.68. The Balaban J connectivity index is 1.33. The molecule has 3 heterocycles. The number of likely N-dealkylation sites (tertiary alicyclic amines) is 1. The minimum Gasteiger partial charge on any atom is -0.381 e. The molecule has 2 fully saturated rings. The average Bonchev–Trinajstić information content (AvgIpc) is 3.15. The molecule has 4 rings (SSSR count). The SMILES string of the molecule is c1ccc(-n2ccc(CN3CC(C4CCOC4)C3)n2)cc1. The van der Waals surface area contributed by atoms with Gasteiger partial charge in [0.25, 0.3) is 0 Å². The lowest BCUT2D eigenvalue weighted by Gasteiger charge is -2.41. The first-order valence-electron chi connectivity index (χ1n) is 7.78. The van der Waals surface area contributed by atoms with Crippen LogP contribution in [0.3, 0.4) is 0 Å². The highest BCUT2D eigenvalue weighted by molar-refractivity contribution is 5.30. The summed E-state index contributed by atoms with van der Waals surface area (Å²) in [7, 11) is 0. The fraction of sp³-hybridized carbons (Fsp3) is 0.471. The molecule has 2 saturated heterocycles. The molecule has 110 valence electrons. The number of benzene rings is 1. The first kappa shape index (κ1) is 13.0. The number of nitrogens with zero attached hydrogens (tertiary/aromatic N) is 3. The molecule has 0 saturated carbocycles. The first-order chi connectivity index (χ1) is 10.4. The Morgan fingerprint density at radius 3 is 2.71 bits per heavy atom. The highest BCUT2D eigenvalue weighted by atomic mass is 16.5. The second kappa shape index (κ2) is 5.62. The molecule has 0 radical (unpaired) electrons. The lowest BCUT2D eigenvalue weighted by Crippen LogP contribution is -2.49. The second-order valence-electron chi connectivity index (χ2n) is 6.17. The molecule has 1 atom stereocenters. The van der Waals surface area contributed by atoms with Crippen molar-refractivity contribution in [3.05, 3.63) is 48.3 Å². The van der Waals surface area contributed by atoms with E-state index in [-0.39, 0.29) is 0 Å². The van der Waals surface area contributed by atoms with Crippen LogP contribution in [0.25, 0.3) is 5.69 Å². The molecule has 1 unspecified atom stereocenters. The monoisotopic (exact) mass is 283 g/mol. The zero-order valence-corrected chi connectivity index (χ0v) is 12.2. The van der Waals surface area contributed by atoms with Crippen LogP contribution >= 0.6 is 0 Å². The zero-order chi connectivity index (χ0) is 14.1. The van der Waals surface area contributed by atoms with Gasteiger partial charge in [0.05, 0.1) is 11.4 Å². The van der Waals surface area contributed by atoms with E-state index in [1.165, 1.54) is 19.5 Å². The Morgan fingerprint density at radius 2 is 1.95 bits per heavy atom. The van der Waals surface area contributed by atoms with Gasteiger partial charge >= 0.3 is 0 Å². The fourth-order valence-electron chi connectivity index (χ4n) is 3.36. The first-order valence-corrected chi connectivity index (χ1v) is 7.78. The summed E-state index contributed by atoms with van der Waals surface area (Å²) >= 11 is 0. The third-order valence-electron chi connectivity index (χ3n) is 4.67. The van der Waals surface area contributed by atoms with Gasteiger partial charge in [-0.25, -0.2) is 4.68 Å². The topological polar surface area (TPSA) is 30.3 Å². The van der Waals surface area contributed by atoms with Crippen LogP contribution in [0.4, 0.5) is 0 Å². The van der Waals surface area contributed by atoms with E-state index in [0.29, 0.717) is 0 Å². The molecule has 1 aromatic heterocycles. The van der Waals surface area contributed by atoms with E-state index in [1.807, 2.05) is 29.1 Å². The predicted octanol–water partition coefficient (Wildman–Crippen LogP) is 2.34. The van der Waals surface area contributed by atoms with Crippen molar-refractivity contribution in [3.8, 4) is 5.69 Å². The summed E-state index contributed by atoms with van der Waals surface area (Å²) in [5.41, 5.74) is 2.27. The average molecular weight is 283 g/mol. The number of para-hydroxylation sites is 1. The minimum atomic E-state index is 0.795. The van der Waals surface area contributed by atoms with Crippen molar-refractivity contribution in [3.63, 3.8) is 0 Å². The smallest absolute Gasteiger partial charge is 0.0769 e. The summed E-state index contributed by atoms with van der Waals surface area (Å²) < 4.78 is 7.44. The van der Waals surface area contributed by atoms with Gasteiger partial charge in [-0.3, -0.25) is 4.90 Å². The van der Waals surface area contributed by atoms with Crippen molar-refractivity contribution in [2.75, 3.05) is 26.3 Å². The molecule has 0 amide bonds. The maximum Gasteiger partial charge on any atom is 0.0769 e. The number of hydrogen-bond acceptors (Lipinski definition) is 3. The summed E-state index contributed by atoms with van der Waals surface area (Å²) in [6.07, 6.45) is 3.30. The fourth-order valence-corrected chi connectivity index (χ4v) is 3.36. The van der Waals surface area contributed by atoms with Gasteiger partial charge in [0, 0.05) is 39.0 Å². The molecule has 0 N–H and O–H groups in total. The molecular weight excluding hydrogens is 262 g/mol. The van der Waals surface area contributed by atoms with Crippen molar-refractivity contribution in [2.45, 2.75) is 13.0 Å². The van der Waals surface area contributed by atoms with E-state index in [9.17, 15) is 0 Å². The Morgan fingerprint density at radius 1 is 1.10 bits per heavy atom. The number of aromatic nitrogens is 2. The largest absolute Gasteiger partial charge is 0.381 e. The summed E-state index contributed by atoms with van der Waals surface area (Å²) in [6.45, 7) is 5.30. The molecule has 2 aliphatic heterocycles. The quantitative estimate of drug-likeness (QED) is 0.863. The van der Waals surface area contributed by atoms with Gasteiger partial charge in [-0.1, -0.05) is 18.2 Å². The van der Waals surface area contributed by atoms with Gasteiger partial charge in [0.15, 0.2) is 0 Å². The zero-order valence-electron chi connectivity index (χ0n) is 12.2.